The van der Waals surface area contributed by atoms with Gasteiger partial charge in [0.25, 0.3) is 0 Å². The van der Waals surface area contributed by atoms with E-state index in [1.807, 2.05) is 7.05 Å². The van der Waals surface area contributed by atoms with Crippen LogP contribution in [0.3, 0.4) is 0 Å². The van der Waals surface area contributed by atoms with E-state index >= 15 is 0 Å². The van der Waals surface area contributed by atoms with Crippen LogP contribution in [0.2, 0.25) is 0 Å². The van der Waals surface area contributed by atoms with Crippen LogP contribution in [0.1, 0.15) is 22.7 Å². The molecule has 1 aromatic carbocycles. The van der Waals surface area contributed by atoms with Crippen molar-refractivity contribution in [3.05, 3.63) is 34.9 Å². The monoisotopic (exact) mass is 235 g/mol. The van der Waals surface area contributed by atoms with Crippen LogP contribution in [-0.4, -0.2) is 33.0 Å². The maximum absolute atomic E-state index is 5.78. The van der Waals surface area contributed by atoms with Crippen molar-refractivity contribution in [3.8, 4) is 0 Å². The van der Waals surface area contributed by atoms with Gasteiger partial charge in [-0.25, -0.2) is 0 Å². The lowest BCUT2D eigenvalue weighted by molar-refractivity contribution is -0.133. The molecule has 1 N–H and O–H groups in total. The first kappa shape index (κ1) is 12.6. The third-order valence-electron chi connectivity index (χ3n) is 3.10. The molecule has 0 radical (unpaired) electrons. The van der Waals surface area contributed by atoms with Crippen molar-refractivity contribution in [3.63, 3.8) is 0 Å². The topological polar surface area (TPSA) is 30.5 Å². The third-order valence-corrected chi connectivity index (χ3v) is 3.10. The summed E-state index contributed by atoms with van der Waals surface area (Å²) in [6, 6.07) is 6.88. The van der Waals surface area contributed by atoms with Gasteiger partial charge in [0.1, 0.15) is 6.10 Å². The molecule has 17 heavy (non-hydrogen) atoms. The van der Waals surface area contributed by atoms with Gasteiger partial charge in [0, 0.05) is 0 Å². The molecule has 1 aromatic rings. The zero-order chi connectivity index (χ0) is 12.3. The summed E-state index contributed by atoms with van der Waals surface area (Å²) in [5.74, 6) is 0. The number of ether oxygens (including phenoxy) is 2. The van der Waals surface area contributed by atoms with Gasteiger partial charge < -0.3 is 14.8 Å². The minimum atomic E-state index is 0.259. The molecular weight excluding hydrogens is 214 g/mol. The van der Waals surface area contributed by atoms with Crippen LogP contribution in [0.25, 0.3) is 0 Å². The fraction of sp³-hybridized carbons (Fsp3) is 0.571. The Bertz CT molecular complexity index is 354. The van der Waals surface area contributed by atoms with Crippen LogP contribution in [0, 0.1) is 13.8 Å². The Morgan fingerprint density at radius 3 is 2.41 bits per heavy atom. The Morgan fingerprint density at radius 1 is 1.29 bits per heavy atom. The first-order chi connectivity index (χ1) is 8.19. The van der Waals surface area contributed by atoms with E-state index < -0.39 is 0 Å². The molecule has 1 saturated heterocycles. The number of benzene rings is 1. The smallest absolute Gasteiger partial charge is 0.104 e. The van der Waals surface area contributed by atoms with Crippen molar-refractivity contribution in [1.29, 1.82) is 0 Å². The SMILES string of the molecule is CNC(COC1COC1)c1cc(C)cc(C)c1. The Hall–Kier alpha value is -0.900. The minimum absolute atomic E-state index is 0.259. The van der Waals surface area contributed by atoms with E-state index in [-0.39, 0.29) is 12.1 Å². The van der Waals surface area contributed by atoms with Gasteiger partial charge in [-0.15, -0.1) is 0 Å². The highest BCUT2D eigenvalue weighted by Crippen LogP contribution is 2.18. The van der Waals surface area contributed by atoms with Crippen molar-refractivity contribution in [2.45, 2.75) is 26.0 Å². The summed E-state index contributed by atoms with van der Waals surface area (Å²) >= 11 is 0. The molecule has 0 amide bonds. The van der Waals surface area contributed by atoms with Gasteiger partial charge in [-0.2, -0.15) is 0 Å². The molecule has 94 valence electrons. The Balaban J connectivity index is 1.99. The van der Waals surface area contributed by atoms with Crippen LogP contribution in [0.15, 0.2) is 18.2 Å². The fourth-order valence-electron chi connectivity index (χ4n) is 2.10. The van der Waals surface area contributed by atoms with Crippen LogP contribution in [0.5, 0.6) is 0 Å². The summed E-state index contributed by atoms with van der Waals surface area (Å²) in [4.78, 5) is 0. The second-order valence-corrected chi connectivity index (χ2v) is 4.76. The zero-order valence-electron chi connectivity index (χ0n) is 10.8. The van der Waals surface area contributed by atoms with E-state index in [9.17, 15) is 0 Å². The molecule has 3 nitrogen and oxygen atoms in total. The molecule has 1 heterocycles. The molecule has 1 unspecified atom stereocenters. The van der Waals surface area contributed by atoms with Crippen molar-refractivity contribution < 1.29 is 9.47 Å². The van der Waals surface area contributed by atoms with Gasteiger partial charge in [-0.05, 0) is 26.5 Å². The van der Waals surface area contributed by atoms with Gasteiger partial charge in [-0.3, -0.25) is 0 Å². The third kappa shape index (κ3) is 3.28. The Kier molecular flexibility index (Phi) is 4.15. The second kappa shape index (κ2) is 5.63. The van der Waals surface area contributed by atoms with Crippen molar-refractivity contribution in [2.75, 3.05) is 26.9 Å². The molecule has 2 rings (SSSR count). The molecule has 1 aliphatic rings. The number of likely N-dealkylation sites (N-methyl/N-ethyl adjacent to an activating group) is 1. The van der Waals surface area contributed by atoms with Crippen molar-refractivity contribution in [1.82, 2.24) is 5.32 Å². The number of nitrogens with one attached hydrogen (secondary N) is 1. The molecule has 0 bridgehead atoms. The number of hydrogen-bond acceptors (Lipinski definition) is 3. The lowest BCUT2D eigenvalue weighted by Gasteiger charge is -2.28. The zero-order valence-corrected chi connectivity index (χ0v) is 10.8. The first-order valence-electron chi connectivity index (χ1n) is 6.14. The van der Waals surface area contributed by atoms with Crippen LogP contribution in [-0.2, 0) is 9.47 Å². The molecule has 0 spiro atoms. The summed E-state index contributed by atoms with van der Waals surface area (Å²) in [6.07, 6.45) is 0.289. The van der Waals surface area contributed by atoms with E-state index in [1.54, 1.807) is 0 Å². The molecular formula is C14H21NO2. The molecule has 3 heteroatoms. The molecule has 1 atom stereocenters. The maximum atomic E-state index is 5.78. The summed E-state index contributed by atoms with van der Waals surface area (Å²) < 4.78 is 10.9. The van der Waals surface area contributed by atoms with Gasteiger partial charge in [-0.1, -0.05) is 29.3 Å². The van der Waals surface area contributed by atoms with Gasteiger partial charge in [0.2, 0.25) is 0 Å². The normalized spacial score (nSPS) is 17.8. The number of aryl methyl sites for hydroxylation is 2. The standard InChI is InChI=1S/C14H21NO2/c1-10-4-11(2)6-12(5-10)14(15-3)9-17-13-7-16-8-13/h4-6,13-15H,7-9H2,1-3H3. The highest BCUT2D eigenvalue weighted by atomic mass is 16.6. The summed E-state index contributed by atoms with van der Waals surface area (Å²) in [5, 5.41) is 3.31. The highest BCUT2D eigenvalue weighted by molar-refractivity contribution is 5.30. The Labute approximate surface area is 103 Å². The van der Waals surface area contributed by atoms with Crippen LogP contribution in [0.4, 0.5) is 0 Å². The number of hydrogen-bond donors (Lipinski definition) is 1. The van der Waals surface area contributed by atoms with E-state index in [0.29, 0.717) is 6.61 Å². The van der Waals surface area contributed by atoms with Crippen LogP contribution < -0.4 is 5.32 Å². The largest absolute Gasteiger partial charge is 0.376 e. The van der Waals surface area contributed by atoms with Gasteiger partial charge in [0.05, 0.1) is 25.9 Å². The van der Waals surface area contributed by atoms with E-state index in [1.165, 1.54) is 16.7 Å². The van der Waals surface area contributed by atoms with E-state index in [0.717, 1.165) is 13.2 Å². The van der Waals surface area contributed by atoms with Gasteiger partial charge >= 0.3 is 0 Å². The predicted molar refractivity (Wildman–Crippen MR) is 68.3 cm³/mol. The predicted octanol–water partition coefficient (Wildman–Crippen LogP) is 1.98. The average Bonchev–Trinajstić information content (AvgIpc) is 2.20. The van der Waals surface area contributed by atoms with Gasteiger partial charge in [0.15, 0.2) is 0 Å². The van der Waals surface area contributed by atoms with E-state index in [4.69, 9.17) is 9.47 Å². The Morgan fingerprint density at radius 2 is 1.94 bits per heavy atom. The van der Waals surface area contributed by atoms with Crippen molar-refractivity contribution >= 4 is 0 Å². The minimum Gasteiger partial charge on any atom is -0.376 e. The quantitative estimate of drug-likeness (QED) is 0.846. The first-order valence-corrected chi connectivity index (χ1v) is 6.14. The molecule has 0 aliphatic carbocycles. The molecule has 0 aromatic heterocycles. The maximum Gasteiger partial charge on any atom is 0.104 e. The highest BCUT2D eigenvalue weighted by Gasteiger charge is 2.21. The van der Waals surface area contributed by atoms with Crippen LogP contribution >= 0.6 is 0 Å². The summed E-state index contributed by atoms with van der Waals surface area (Å²) in [7, 11) is 1.98. The molecule has 1 fully saturated rings. The molecule has 0 saturated carbocycles. The van der Waals surface area contributed by atoms with Crippen molar-refractivity contribution in [2.24, 2.45) is 0 Å². The van der Waals surface area contributed by atoms with E-state index in [2.05, 4.69) is 37.4 Å². The fourth-order valence-corrected chi connectivity index (χ4v) is 2.10. The second-order valence-electron chi connectivity index (χ2n) is 4.76. The lowest BCUT2D eigenvalue weighted by Crippen LogP contribution is -2.38. The lowest BCUT2D eigenvalue weighted by atomic mass is 10.0. The average molecular weight is 235 g/mol. The number of rotatable bonds is 5. The summed E-state index contributed by atoms with van der Waals surface area (Å²) in [6.45, 7) is 6.44. The molecule has 1 aliphatic heterocycles. The summed E-state index contributed by atoms with van der Waals surface area (Å²) in [5.41, 5.74) is 3.89.